The number of nitrogens with one attached hydrogen (secondary N) is 2. The summed E-state index contributed by atoms with van der Waals surface area (Å²) < 4.78 is 5.03. The molecule has 2 rings (SSSR count). The van der Waals surface area contributed by atoms with Crippen LogP contribution in [0, 0.1) is 5.92 Å². The van der Waals surface area contributed by atoms with E-state index in [9.17, 15) is 9.59 Å². The standard InChI is InChI=1S/C18H33N3O3/c1-24-14-8-12-20-18(23)21-13-7-3-2-6-11-19-17(22)15-9-4-5-10-16(15)21/h15-16H,2-14H2,1H3,(H,19,22)(H,20,23). The van der Waals surface area contributed by atoms with E-state index in [0.29, 0.717) is 13.2 Å². The maximum Gasteiger partial charge on any atom is 0.317 e. The minimum absolute atomic E-state index is 0.0185. The zero-order valence-electron chi connectivity index (χ0n) is 15.0. The van der Waals surface area contributed by atoms with Crippen molar-refractivity contribution in [2.45, 2.75) is 63.8 Å². The van der Waals surface area contributed by atoms with Gasteiger partial charge in [-0.05, 0) is 32.1 Å². The Morgan fingerprint density at radius 2 is 2.00 bits per heavy atom. The second-order valence-corrected chi connectivity index (χ2v) is 6.94. The number of hydrogen-bond donors (Lipinski definition) is 2. The Bertz CT molecular complexity index is 403. The van der Waals surface area contributed by atoms with Crippen molar-refractivity contribution in [2.24, 2.45) is 5.92 Å². The van der Waals surface area contributed by atoms with Gasteiger partial charge in [-0.3, -0.25) is 4.79 Å². The fraction of sp³-hybridized carbons (Fsp3) is 0.889. The first-order chi connectivity index (χ1) is 11.7. The van der Waals surface area contributed by atoms with Gasteiger partial charge in [0.05, 0.1) is 5.92 Å². The molecule has 0 aromatic carbocycles. The van der Waals surface area contributed by atoms with Gasteiger partial charge in [0.25, 0.3) is 0 Å². The maximum absolute atomic E-state index is 12.7. The molecule has 1 saturated carbocycles. The minimum atomic E-state index is -0.0541. The van der Waals surface area contributed by atoms with E-state index in [-0.39, 0.29) is 23.9 Å². The summed E-state index contributed by atoms with van der Waals surface area (Å²) in [5.74, 6) is 0.0837. The Morgan fingerprint density at radius 3 is 2.83 bits per heavy atom. The molecule has 2 unspecified atom stereocenters. The number of fused-ring (bicyclic) bond motifs is 1. The van der Waals surface area contributed by atoms with Crippen LogP contribution in [0.4, 0.5) is 4.79 Å². The van der Waals surface area contributed by atoms with Crippen LogP contribution in [0.3, 0.4) is 0 Å². The molecule has 1 heterocycles. The lowest BCUT2D eigenvalue weighted by Gasteiger charge is -2.39. The van der Waals surface area contributed by atoms with Crippen molar-refractivity contribution in [3.8, 4) is 0 Å². The lowest BCUT2D eigenvalue weighted by atomic mass is 9.82. The average molecular weight is 339 g/mol. The summed E-state index contributed by atoms with van der Waals surface area (Å²) in [6.07, 6.45) is 9.09. The van der Waals surface area contributed by atoms with Crippen molar-refractivity contribution >= 4 is 11.9 Å². The molecule has 6 heteroatoms. The highest BCUT2D eigenvalue weighted by Gasteiger charge is 2.36. The van der Waals surface area contributed by atoms with E-state index in [2.05, 4.69) is 10.6 Å². The topological polar surface area (TPSA) is 70.7 Å². The molecule has 2 aliphatic rings. The first-order valence-electron chi connectivity index (χ1n) is 9.55. The number of rotatable bonds is 4. The van der Waals surface area contributed by atoms with Crippen LogP contribution in [0.25, 0.3) is 0 Å². The molecule has 138 valence electrons. The smallest absolute Gasteiger partial charge is 0.317 e. The Hall–Kier alpha value is -1.30. The van der Waals surface area contributed by atoms with Crippen molar-refractivity contribution in [1.82, 2.24) is 15.5 Å². The number of ether oxygens (including phenoxy) is 1. The SMILES string of the molecule is COCCCNC(=O)N1CCCCCCNC(=O)C2CCCCC21. The first kappa shape index (κ1) is 19.0. The Kier molecular flexibility index (Phi) is 8.36. The molecule has 0 aromatic heterocycles. The van der Waals surface area contributed by atoms with Gasteiger partial charge < -0.3 is 20.3 Å². The Morgan fingerprint density at radius 1 is 1.21 bits per heavy atom. The summed E-state index contributed by atoms with van der Waals surface area (Å²) in [5, 5.41) is 6.09. The third-order valence-electron chi connectivity index (χ3n) is 5.15. The molecule has 24 heavy (non-hydrogen) atoms. The molecule has 0 spiro atoms. The van der Waals surface area contributed by atoms with Gasteiger partial charge >= 0.3 is 6.03 Å². The van der Waals surface area contributed by atoms with Gasteiger partial charge in [-0.1, -0.05) is 25.7 Å². The van der Waals surface area contributed by atoms with Gasteiger partial charge in [0, 0.05) is 39.4 Å². The summed E-state index contributed by atoms with van der Waals surface area (Å²) >= 11 is 0. The number of hydrogen-bond acceptors (Lipinski definition) is 3. The molecule has 2 fully saturated rings. The van der Waals surface area contributed by atoms with E-state index in [1.807, 2.05) is 4.90 Å². The monoisotopic (exact) mass is 339 g/mol. The Balaban J connectivity index is 2.04. The number of amides is 3. The van der Waals surface area contributed by atoms with Gasteiger partial charge in [-0.25, -0.2) is 4.79 Å². The van der Waals surface area contributed by atoms with Gasteiger partial charge in [-0.2, -0.15) is 0 Å². The normalized spacial score (nSPS) is 26.0. The highest BCUT2D eigenvalue weighted by Crippen LogP contribution is 2.29. The third-order valence-corrected chi connectivity index (χ3v) is 5.15. The van der Waals surface area contributed by atoms with Crippen LogP contribution in [0.15, 0.2) is 0 Å². The number of carbonyl (C=O) groups is 2. The summed E-state index contributed by atoms with van der Waals surface area (Å²) in [6, 6.07) is 0.0225. The van der Waals surface area contributed by atoms with Crippen LogP contribution in [0.5, 0.6) is 0 Å². The van der Waals surface area contributed by atoms with Crippen LogP contribution >= 0.6 is 0 Å². The van der Waals surface area contributed by atoms with E-state index in [0.717, 1.165) is 70.9 Å². The lowest BCUT2D eigenvalue weighted by molar-refractivity contribution is -0.127. The number of nitrogens with zero attached hydrogens (tertiary/aromatic N) is 1. The molecular formula is C18H33N3O3. The molecule has 1 aliphatic heterocycles. The molecule has 1 saturated heterocycles. The molecule has 6 nitrogen and oxygen atoms in total. The number of urea groups is 1. The highest BCUT2D eigenvalue weighted by molar-refractivity contribution is 5.81. The lowest BCUT2D eigenvalue weighted by Crippen LogP contribution is -2.54. The molecule has 2 N–H and O–H groups in total. The van der Waals surface area contributed by atoms with E-state index in [1.165, 1.54) is 0 Å². The second kappa shape index (κ2) is 10.5. The quantitative estimate of drug-likeness (QED) is 0.772. The van der Waals surface area contributed by atoms with E-state index < -0.39 is 0 Å². The average Bonchev–Trinajstić information content (AvgIpc) is 2.63. The van der Waals surface area contributed by atoms with Gasteiger partial charge in [0.1, 0.15) is 0 Å². The van der Waals surface area contributed by atoms with Crippen LogP contribution in [0.1, 0.15) is 57.8 Å². The van der Waals surface area contributed by atoms with Gasteiger partial charge in [0.2, 0.25) is 5.91 Å². The Labute approximate surface area is 145 Å². The predicted molar refractivity (Wildman–Crippen MR) is 93.8 cm³/mol. The van der Waals surface area contributed by atoms with E-state index >= 15 is 0 Å². The summed E-state index contributed by atoms with van der Waals surface area (Å²) in [5.41, 5.74) is 0. The van der Waals surface area contributed by atoms with Gasteiger partial charge in [0.15, 0.2) is 0 Å². The highest BCUT2D eigenvalue weighted by atomic mass is 16.5. The largest absolute Gasteiger partial charge is 0.385 e. The number of methoxy groups -OCH3 is 1. The number of carbonyl (C=O) groups excluding carboxylic acids is 2. The zero-order valence-corrected chi connectivity index (χ0v) is 15.0. The summed E-state index contributed by atoms with van der Waals surface area (Å²) in [6.45, 7) is 2.79. The molecule has 2 atom stereocenters. The third kappa shape index (κ3) is 5.65. The van der Waals surface area contributed by atoms with Gasteiger partial charge in [-0.15, -0.1) is 0 Å². The van der Waals surface area contributed by atoms with Crippen molar-refractivity contribution < 1.29 is 14.3 Å². The second-order valence-electron chi connectivity index (χ2n) is 6.94. The van der Waals surface area contributed by atoms with Crippen molar-refractivity contribution in [1.29, 1.82) is 0 Å². The van der Waals surface area contributed by atoms with Crippen LogP contribution in [-0.4, -0.2) is 56.2 Å². The van der Waals surface area contributed by atoms with Crippen LogP contribution in [-0.2, 0) is 9.53 Å². The fourth-order valence-corrected chi connectivity index (χ4v) is 3.82. The maximum atomic E-state index is 12.7. The summed E-state index contributed by atoms with van der Waals surface area (Å²) in [7, 11) is 1.67. The zero-order chi connectivity index (χ0) is 17.2. The predicted octanol–water partition coefficient (Wildman–Crippen LogP) is 2.28. The molecule has 0 bridgehead atoms. The first-order valence-corrected chi connectivity index (χ1v) is 9.55. The van der Waals surface area contributed by atoms with Crippen LogP contribution < -0.4 is 10.6 Å². The minimum Gasteiger partial charge on any atom is -0.385 e. The van der Waals surface area contributed by atoms with Crippen molar-refractivity contribution in [2.75, 3.05) is 33.4 Å². The molecular weight excluding hydrogens is 306 g/mol. The van der Waals surface area contributed by atoms with E-state index in [4.69, 9.17) is 4.74 Å². The molecule has 3 amide bonds. The van der Waals surface area contributed by atoms with E-state index in [1.54, 1.807) is 7.11 Å². The molecule has 0 aromatic rings. The van der Waals surface area contributed by atoms with Crippen LogP contribution in [0.2, 0.25) is 0 Å². The summed E-state index contributed by atoms with van der Waals surface area (Å²) in [4.78, 5) is 27.2. The fourth-order valence-electron chi connectivity index (χ4n) is 3.82. The van der Waals surface area contributed by atoms with Crippen molar-refractivity contribution in [3.63, 3.8) is 0 Å². The molecule has 0 radical (unpaired) electrons. The van der Waals surface area contributed by atoms with Crippen molar-refractivity contribution in [3.05, 3.63) is 0 Å². The molecule has 1 aliphatic carbocycles.